The SMILES string of the molecule is CCS(=O)(=O)CCCC1(c2ccccc2C)CNC1. The minimum Gasteiger partial charge on any atom is -0.315 e. The highest BCUT2D eigenvalue weighted by Crippen LogP contribution is 2.35. The fourth-order valence-corrected chi connectivity index (χ4v) is 3.74. The Morgan fingerprint density at radius 2 is 1.95 bits per heavy atom. The number of rotatable bonds is 6. The zero-order valence-corrected chi connectivity index (χ0v) is 12.6. The van der Waals surface area contributed by atoms with Crippen LogP contribution in [0.3, 0.4) is 0 Å². The van der Waals surface area contributed by atoms with Crippen molar-refractivity contribution >= 4 is 9.84 Å². The van der Waals surface area contributed by atoms with Gasteiger partial charge in [0, 0.05) is 24.3 Å². The minimum absolute atomic E-state index is 0.147. The highest BCUT2D eigenvalue weighted by Gasteiger charge is 2.39. The Hall–Kier alpha value is -0.870. The van der Waals surface area contributed by atoms with Gasteiger partial charge in [-0.2, -0.15) is 0 Å². The van der Waals surface area contributed by atoms with Crippen LogP contribution in [0.5, 0.6) is 0 Å². The van der Waals surface area contributed by atoms with Crippen LogP contribution < -0.4 is 5.32 Å². The first-order chi connectivity index (χ1) is 8.99. The van der Waals surface area contributed by atoms with Crippen molar-refractivity contribution in [3.63, 3.8) is 0 Å². The molecule has 1 aliphatic rings. The van der Waals surface area contributed by atoms with Crippen LogP contribution in [0.15, 0.2) is 24.3 Å². The minimum atomic E-state index is -2.84. The average Bonchev–Trinajstić information content (AvgIpc) is 2.34. The van der Waals surface area contributed by atoms with Crippen LogP contribution in [0.2, 0.25) is 0 Å². The maximum absolute atomic E-state index is 11.6. The number of hydrogen-bond donors (Lipinski definition) is 1. The van der Waals surface area contributed by atoms with Crippen LogP contribution >= 0.6 is 0 Å². The van der Waals surface area contributed by atoms with Gasteiger partial charge in [0.1, 0.15) is 9.84 Å². The van der Waals surface area contributed by atoms with E-state index in [1.807, 2.05) is 0 Å². The van der Waals surface area contributed by atoms with Gasteiger partial charge in [-0.05, 0) is 30.9 Å². The van der Waals surface area contributed by atoms with Gasteiger partial charge < -0.3 is 5.32 Å². The summed E-state index contributed by atoms with van der Waals surface area (Å²) in [6, 6.07) is 8.45. The standard InChI is InChI=1S/C15H23NO2S/c1-3-19(17,18)10-6-9-15(11-16-12-15)14-8-5-4-7-13(14)2/h4-5,7-8,16H,3,6,9-12H2,1-2H3. The number of aryl methyl sites for hydroxylation is 1. The van der Waals surface area contributed by atoms with Crippen molar-refractivity contribution in [3.8, 4) is 0 Å². The predicted molar refractivity (Wildman–Crippen MR) is 79.3 cm³/mol. The van der Waals surface area contributed by atoms with Gasteiger partial charge in [-0.25, -0.2) is 8.42 Å². The van der Waals surface area contributed by atoms with Crippen molar-refractivity contribution in [2.75, 3.05) is 24.6 Å². The van der Waals surface area contributed by atoms with E-state index in [4.69, 9.17) is 0 Å². The Bertz CT molecular complexity index is 533. The van der Waals surface area contributed by atoms with Gasteiger partial charge in [0.05, 0.1) is 5.75 Å². The summed E-state index contributed by atoms with van der Waals surface area (Å²) in [6.07, 6.45) is 1.70. The Morgan fingerprint density at radius 1 is 1.26 bits per heavy atom. The lowest BCUT2D eigenvalue weighted by molar-refractivity contribution is 0.255. The molecule has 0 amide bonds. The molecule has 1 aliphatic heterocycles. The Kier molecular flexibility index (Phi) is 4.31. The third-order valence-corrected chi connectivity index (χ3v) is 5.98. The lowest BCUT2D eigenvalue weighted by Crippen LogP contribution is -2.57. The predicted octanol–water partition coefficient (Wildman–Crippen LogP) is 2.05. The topological polar surface area (TPSA) is 46.2 Å². The summed E-state index contributed by atoms with van der Waals surface area (Å²) < 4.78 is 23.2. The van der Waals surface area contributed by atoms with Crippen molar-refractivity contribution in [1.29, 1.82) is 0 Å². The first kappa shape index (κ1) is 14.5. The number of sulfone groups is 1. The van der Waals surface area contributed by atoms with Gasteiger partial charge in [0.25, 0.3) is 0 Å². The highest BCUT2D eigenvalue weighted by atomic mass is 32.2. The van der Waals surface area contributed by atoms with E-state index in [1.165, 1.54) is 11.1 Å². The molecule has 2 rings (SSSR count). The summed E-state index contributed by atoms with van der Waals surface area (Å²) in [5.41, 5.74) is 2.83. The smallest absolute Gasteiger partial charge is 0.150 e. The molecule has 1 saturated heterocycles. The number of benzene rings is 1. The van der Waals surface area contributed by atoms with E-state index in [0.29, 0.717) is 5.75 Å². The van der Waals surface area contributed by atoms with Crippen LogP contribution in [0.4, 0.5) is 0 Å². The van der Waals surface area contributed by atoms with E-state index in [9.17, 15) is 8.42 Å². The van der Waals surface area contributed by atoms with Crippen LogP contribution in [0.25, 0.3) is 0 Å². The monoisotopic (exact) mass is 281 g/mol. The molecule has 1 heterocycles. The number of nitrogens with one attached hydrogen (secondary N) is 1. The van der Waals surface area contributed by atoms with E-state index in [2.05, 4.69) is 36.5 Å². The molecule has 0 saturated carbocycles. The first-order valence-electron chi connectivity index (χ1n) is 6.96. The lowest BCUT2D eigenvalue weighted by Gasteiger charge is -2.44. The summed E-state index contributed by atoms with van der Waals surface area (Å²) in [6.45, 7) is 5.78. The first-order valence-corrected chi connectivity index (χ1v) is 8.78. The summed E-state index contributed by atoms with van der Waals surface area (Å²) in [7, 11) is -2.84. The average molecular weight is 281 g/mol. The lowest BCUT2D eigenvalue weighted by atomic mass is 9.70. The van der Waals surface area contributed by atoms with Crippen molar-refractivity contribution in [2.24, 2.45) is 0 Å². The maximum atomic E-state index is 11.6. The maximum Gasteiger partial charge on any atom is 0.150 e. The molecule has 3 nitrogen and oxygen atoms in total. The van der Waals surface area contributed by atoms with Gasteiger partial charge in [-0.1, -0.05) is 31.2 Å². The van der Waals surface area contributed by atoms with E-state index in [0.717, 1.165) is 25.9 Å². The Balaban J connectivity index is 2.06. The molecule has 0 radical (unpaired) electrons. The van der Waals surface area contributed by atoms with Crippen LogP contribution in [0.1, 0.15) is 30.9 Å². The van der Waals surface area contributed by atoms with Crippen molar-refractivity contribution < 1.29 is 8.42 Å². The van der Waals surface area contributed by atoms with Gasteiger partial charge in [0.2, 0.25) is 0 Å². The van der Waals surface area contributed by atoms with E-state index < -0.39 is 9.84 Å². The second-order valence-corrected chi connectivity index (χ2v) is 8.01. The molecule has 0 aromatic heterocycles. The molecule has 19 heavy (non-hydrogen) atoms. The normalized spacial score (nSPS) is 18.0. The molecule has 106 valence electrons. The van der Waals surface area contributed by atoms with Gasteiger partial charge in [0.15, 0.2) is 0 Å². The second kappa shape index (κ2) is 5.63. The Labute approximate surface area is 116 Å². The van der Waals surface area contributed by atoms with E-state index in [-0.39, 0.29) is 11.2 Å². The van der Waals surface area contributed by atoms with Crippen LogP contribution in [-0.4, -0.2) is 33.0 Å². The van der Waals surface area contributed by atoms with Crippen molar-refractivity contribution in [2.45, 2.75) is 32.1 Å². The molecule has 0 atom stereocenters. The third kappa shape index (κ3) is 3.18. The summed E-state index contributed by atoms with van der Waals surface area (Å²) in [5.74, 6) is 0.569. The van der Waals surface area contributed by atoms with E-state index >= 15 is 0 Å². The van der Waals surface area contributed by atoms with Crippen molar-refractivity contribution in [3.05, 3.63) is 35.4 Å². The molecule has 1 N–H and O–H groups in total. The zero-order chi connectivity index (χ0) is 13.9. The van der Waals surface area contributed by atoms with Crippen LogP contribution in [0, 0.1) is 6.92 Å². The molecule has 1 fully saturated rings. The highest BCUT2D eigenvalue weighted by molar-refractivity contribution is 7.91. The fraction of sp³-hybridized carbons (Fsp3) is 0.600. The molecule has 4 heteroatoms. The van der Waals surface area contributed by atoms with Gasteiger partial charge in [-0.15, -0.1) is 0 Å². The van der Waals surface area contributed by atoms with Gasteiger partial charge in [-0.3, -0.25) is 0 Å². The quantitative estimate of drug-likeness (QED) is 0.868. The summed E-state index contributed by atoms with van der Waals surface area (Å²) in [4.78, 5) is 0. The largest absolute Gasteiger partial charge is 0.315 e. The number of hydrogen-bond acceptors (Lipinski definition) is 3. The molecule has 0 unspecified atom stereocenters. The van der Waals surface area contributed by atoms with E-state index in [1.54, 1.807) is 6.92 Å². The summed E-state index contributed by atoms with van der Waals surface area (Å²) >= 11 is 0. The van der Waals surface area contributed by atoms with Crippen LogP contribution in [-0.2, 0) is 15.3 Å². The zero-order valence-electron chi connectivity index (χ0n) is 11.8. The molecular weight excluding hydrogens is 258 g/mol. The van der Waals surface area contributed by atoms with Crippen molar-refractivity contribution in [1.82, 2.24) is 5.32 Å². The molecular formula is C15H23NO2S. The molecule has 0 bridgehead atoms. The second-order valence-electron chi connectivity index (χ2n) is 5.54. The fourth-order valence-electron chi connectivity index (χ4n) is 2.87. The van der Waals surface area contributed by atoms with Gasteiger partial charge >= 0.3 is 0 Å². The molecule has 1 aromatic carbocycles. The molecule has 0 aliphatic carbocycles. The molecule has 1 aromatic rings. The third-order valence-electron chi connectivity index (χ3n) is 4.19. The molecule has 0 spiro atoms. The Morgan fingerprint density at radius 3 is 2.47 bits per heavy atom. The summed E-state index contributed by atoms with van der Waals surface area (Å²) in [5, 5.41) is 3.34.